The highest BCUT2D eigenvalue weighted by Crippen LogP contribution is 2.27. The standard InChI is InChI=1S/C15H20O3/c1-11(2)5-7-13(16)9-12-6-8-14(17-3)15(10-12)18-4/h6,8,10H,1,5,7,9H2,2-4H3. The van der Waals surface area contributed by atoms with Crippen LogP contribution in [0, 0.1) is 0 Å². The van der Waals surface area contributed by atoms with Gasteiger partial charge in [0.25, 0.3) is 0 Å². The van der Waals surface area contributed by atoms with E-state index in [1.54, 1.807) is 14.2 Å². The maximum Gasteiger partial charge on any atom is 0.161 e. The summed E-state index contributed by atoms with van der Waals surface area (Å²) in [5.74, 6) is 1.54. The van der Waals surface area contributed by atoms with Gasteiger partial charge in [-0.15, -0.1) is 6.58 Å². The van der Waals surface area contributed by atoms with Crippen LogP contribution in [0.15, 0.2) is 30.4 Å². The molecule has 0 radical (unpaired) electrons. The van der Waals surface area contributed by atoms with Crippen LogP contribution in [0.3, 0.4) is 0 Å². The summed E-state index contributed by atoms with van der Waals surface area (Å²) in [6.45, 7) is 5.73. The van der Waals surface area contributed by atoms with Crippen molar-refractivity contribution >= 4 is 5.78 Å². The fourth-order valence-corrected chi connectivity index (χ4v) is 1.66. The molecule has 1 aromatic carbocycles. The molecular formula is C15H20O3. The van der Waals surface area contributed by atoms with Crippen LogP contribution in [0.1, 0.15) is 25.3 Å². The van der Waals surface area contributed by atoms with Crippen molar-refractivity contribution in [2.45, 2.75) is 26.2 Å². The molecule has 0 aliphatic rings. The van der Waals surface area contributed by atoms with Gasteiger partial charge >= 0.3 is 0 Å². The lowest BCUT2D eigenvalue weighted by Gasteiger charge is -2.09. The zero-order valence-electron chi connectivity index (χ0n) is 11.3. The highest BCUT2D eigenvalue weighted by Gasteiger charge is 2.08. The van der Waals surface area contributed by atoms with E-state index in [0.29, 0.717) is 24.3 Å². The second kappa shape index (κ2) is 6.84. The first-order valence-corrected chi connectivity index (χ1v) is 5.93. The van der Waals surface area contributed by atoms with E-state index < -0.39 is 0 Å². The van der Waals surface area contributed by atoms with Crippen LogP contribution in [-0.2, 0) is 11.2 Å². The highest BCUT2D eigenvalue weighted by molar-refractivity contribution is 5.81. The Balaban J connectivity index is 2.67. The van der Waals surface area contributed by atoms with Gasteiger partial charge in [0.2, 0.25) is 0 Å². The molecule has 0 heterocycles. The molecule has 0 saturated heterocycles. The monoisotopic (exact) mass is 248 g/mol. The number of hydrogen-bond donors (Lipinski definition) is 0. The van der Waals surface area contributed by atoms with Crippen molar-refractivity contribution in [3.8, 4) is 11.5 Å². The minimum atomic E-state index is 0.213. The molecule has 0 aromatic heterocycles. The predicted molar refractivity (Wildman–Crippen MR) is 72.3 cm³/mol. The third-order valence-corrected chi connectivity index (χ3v) is 2.68. The van der Waals surface area contributed by atoms with Gasteiger partial charge in [-0.25, -0.2) is 0 Å². The molecule has 1 rings (SSSR count). The smallest absolute Gasteiger partial charge is 0.161 e. The first-order chi connectivity index (χ1) is 8.56. The number of carbonyl (C=O) groups is 1. The SMILES string of the molecule is C=C(C)CCC(=O)Cc1ccc(OC)c(OC)c1. The van der Waals surface area contributed by atoms with Crippen LogP contribution in [-0.4, -0.2) is 20.0 Å². The molecule has 0 unspecified atom stereocenters. The Morgan fingerprint density at radius 2 is 1.83 bits per heavy atom. The van der Waals surface area contributed by atoms with Crippen LogP contribution >= 0.6 is 0 Å². The maximum atomic E-state index is 11.8. The van der Waals surface area contributed by atoms with Gasteiger partial charge in [0.05, 0.1) is 14.2 Å². The first-order valence-electron chi connectivity index (χ1n) is 5.93. The van der Waals surface area contributed by atoms with Crippen molar-refractivity contribution in [3.63, 3.8) is 0 Å². The van der Waals surface area contributed by atoms with Crippen molar-refractivity contribution in [1.29, 1.82) is 0 Å². The van der Waals surface area contributed by atoms with E-state index in [2.05, 4.69) is 6.58 Å². The summed E-state index contributed by atoms with van der Waals surface area (Å²) < 4.78 is 10.4. The van der Waals surface area contributed by atoms with E-state index in [-0.39, 0.29) is 5.78 Å². The Morgan fingerprint density at radius 1 is 1.17 bits per heavy atom. The van der Waals surface area contributed by atoms with Crippen molar-refractivity contribution in [3.05, 3.63) is 35.9 Å². The quantitative estimate of drug-likeness (QED) is 0.695. The van der Waals surface area contributed by atoms with Crippen LogP contribution in [0.4, 0.5) is 0 Å². The number of methoxy groups -OCH3 is 2. The third-order valence-electron chi connectivity index (χ3n) is 2.68. The van der Waals surface area contributed by atoms with E-state index in [1.165, 1.54) is 0 Å². The number of ketones is 1. The molecule has 0 N–H and O–H groups in total. The van der Waals surface area contributed by atoms with Crippen LogP contribution in [0.5, 0.6) is 11.5 Å². The molecule has 0 saturated carbocycles. The van der Waals surface area contributed by atoms with Gasteiger partial charge < -0.3 is 9.47 Å². The number of ether oxygens (including phenoxy) is 2. The zero-order chi connectivity index (χ0) is 13.5. The Hall–Kier alpha value is -1.77. The van der Waals surface area contributed by atoms with Crippen molar-refractivity contribution in [1.82, 2.24) is 0 Å². The average molecular weight is 248 g/mol. The van der Waals surface area contributed by atoms with E-state index in [9.17, 15) is 4.79 Å². The third kappa shape index (κ3) is 4.24. The second-order valence-electron chi connectivity index (χ2n) is 4.36. The Labute approximate surface area is 108 Å². The number of allylic oxidation sites excluding steroid dienone is 1. The lowest BCUT2D eigenvalue weighted by molar-refractivity contribution is -0.118. The molecule has 3 nitrogen and oxygen atoms in total. The van der Waals surface area contributed by atoms with Crippen LogP contribution < -0.4 is 9.47 Å². The Bertz CT molecular complexity index is 435. The first kappa shape index (κ1) is 14.3. The summed E-state index contributed by atoms with van der Waals surface area (Å²) in [5, 5.41) is 0. The lowest BCUT2D eigenvalue weighted by Crippen LogP contribution is -2.03. The summed E-state index contributed by atoms with van der Waals surface area (Å²) in [6, 6.07) is 5.55. The summed E-state index contributed by atoms with van der Waals surface area (Å²) >= 11 is 0. The number of carbonyl (C=O) groups excluding carboxylic acids is 1. The molecule has 0 aliphatic heterocycles. The van der Waals surface area contributed by atoms with E-state index in [4.69, 9.17) is 9.47 Å². The lowest BCUT2D eigenvalue weighted by atomic mass is 10.0. The molecule has 0 atom stereocenters. The van der Waals surface area contributed by atoms with Gasteiger partial charge in [-0.3, -0.25) is 4.79 Å². The molecule has 18 heavy (non-hydrogen) atoms. The van der Waals surface area contributed by atoms with E-state index in [0.717, 1.165) is 17.6 Å². The Kier molecular flexibility index (Phi) is 5.43. The van der Waals surface area contributed by atoms with Crippen LogP contribution in [0.2, 0.25) is 0 Å². The molecular weight excluding hydrogens is 228 g/mol. The van der Waals surface area contributed by atoms with Crippen LogP contribution in [0.25, 0.3) is 0 Å². The molecule has 3 heteroatoms. The Morgan fingerprint density at radius 3 is 2.39 bits per heavy atom. The number of Topliss-reactive ketones (excluding diaryl/α,β-unsaturated/α-hetero) is 1. The molecule has 98 valence electrons. The van der Waals surface area contributed by atoms with Gasteiger partial charge in [-0.1, -0.05) is 11.6 Å². The summed E-state index contributed by atoms with van der Waals surface area (Å²) in [4.78, 5) is 11.8. The molecule has 0 spiro atoms. The maximum absolute atomic E-state index is 11.8. The van der Waals surface area contributed by atoms with Gasteiger partial charge in [-0.05, 0) is 31.0 Å². The van der Waals surface area contributed by atoms with Gasteiger partial charge in [0, 0.05) is 12.8 Å². The van der Waals surface area contributed by atoms with Crippen molar-refractivity contribution < 1.29 is 14.3 Å². The minimum Gasteiger partial charge on any atom is -0.493 e. The number of rotatable bonds is 7. The molecule has 0 fully saturated rings. The summed E-state index contributed by atoms with van der Waals surface area (Å²) in [5.41, 5.74) is 1.98. The van der Waals surface area contributed by atoms with Gasteiger partial charge in [-0.2, -0.15) is 0 Å². The van der Waals surface area contributed by atoms with Gasteiger partial charge in [0.15, 0.2) is 11.5 Å². The fourth-order valence-electron chi connectivity index (χ4n) is 1.66. The molecule has 0 aliphatic carbocycles. The molecule has 0 amide bonds. The average Bonchev–Trinajstić information content (AvgIpc) is 2.36. The minimum absolute atomic E-state index is 0.213. The van der Waals surface area contributed by atoms with Crippen molar-refractivity contribution in [2.75, 3.05) is 14.2 Å². The topological polar surface area (TPSA) is 35.5 Å². The normalized spacial score (nSPS) is 9.94. The summed E-state index contributed by atoms with van der Waals surface area (Å²) in [6.07, 6.45) is 1.73. The highest BCUT2D eigenvalue weighted by atomic mass is 16.5. The summed E-state index contributed by atoms with van der Waals surface area (Å²) in [7, 11) is 3.18. The predicted octanol–water partition coefficient (Wildman–Crippen LogP) is 3.17. The largest absolute Gasteiger partial charge is 0.493 e. The zero-order valence-corrected chi connectivity index (χ0v) is 11.3. The fraction of sp³-hybridized carbons (Fsp3) is 0.400. The van der Waals surface area contributed by atoms with E-state index in [1.807, 2.05) is 25.1 Å². The second-order valence-corrected chi connectivity index (χ2v) is 4.36. The number of hydrogen-bond acceptors (Lipinski definition) is 3. The van der Waals surface area contributed by atoms with Gasteiger partial charge in [0.1, 0.15) is 5.78 Å². The molecule has 0 bridgehead atoms. The van der Waals surface area contributed by atoms with E-state index >= 15 is 0 Å². The molecule has 1 aromatic rings. The van der Waals surface area contributed by atoms with Crippen molar-refractivity contribution in [2.24, 2.45) is 0 Å². The number of benzene rings is 1.